The van der Waals surface area contributed by atoms with E-state index in [4.69, 9.17) is 4.74 Å². The van der Waals surface area contributed by atoms with Crippen LogP contribution in [-0.2, 0) is 20.9 Å². The first kappa shape index (κ1) is 23.1. The number of carbonyl (C=O) groups is 2. The molecule has 168 valence electrons. The first-order chi connectivity index (χ1) is 14.8. The molecule has 2 aliphatic rings. The Morgan fingerprint density at radius 1 is 1.23 bits per heavy atom. The summed E-state index contributed by atoms with van der Waals surface area (Å²) in [6.45, 7) is 9.63. The zero-order valence-corrected chi connectivity index (χ0v) is 19.3. The molecule has 1 aromatic heterocycles. The molecule has 1 saturated heterocycles. The normalized spacial score (nSPS) is 21.5. The summed E-state index contributed by atoms with van der Waals surface area (Å²) in [4.78, 5) is 27.2. The molecule has 1 amide bonds. The van der Waals surface area contributed by atoms with Crippen molar-refractivity contribution < 1.29 is 14.3 Å². The van der Waals surface area contributed by atoms with Crippen molar-refractivity contribution in [3.05, 3.63) is 28.6 Å². The van der Waals surface area contributed by atoms with Crippen molar-refractivity contribution in [3.63, 3.8) is 0 Å². The highest BCUT2D eigenvalue weighted by atomic mass is 16.5. The van der Waals surface area contributed by atoms with Gasteiger partial charge in [-0.05, 0) is 69.1 Å². The molecule has 3 rings (SSSR count). The Balaban J connectivity index is 1.65. The zero-order valence-electron chi connectivity index (χ0n) is 19.3. The minimum atomic E-state index is -0.735. The van der Waals surface area contributed by atoms with Gasteiger partial charge in [0.15, 0.2) is 6.61 Å². The number of piperidine rings is 1. The smallest absolute Gasteiger partial charge is 0.349 e. The third kappa shape index (κ3) is 5.39. The number of hydrogen-bond donors (Lipinski definition) is 0. The number of rotatable bonds is 6. The standard InChI is InChI=1S/C25H35N3O3/c1-17(2)15-28-18(3)12-21(19(28)4)13-22(14-26)25(30)31-16-24(29)27-11-7-9-20-8-5-6-10-23(20)27/h12-13,17,20,23H,5-11,15-16H2,1-4H3/b22-13+/t20-,23-/m0/s1. The second-order valence-electron chi connectivity index (χ2n) is 9.42. The fourth-order valence-electron chi connectivity index (χ4n) is 5.13. The molecule has 6 heteroatoms. The highest BCUT2D eigenvalue weighted by Gasteiger charge is 2.35. The summed E-state index contributed by atoms with van der Waals surface area (Å²) in [5.41, 5.74) is 2.86. The molecule has 0 spiro atoms. The van der Waals surface area contributed by atoms with E-state index in [1.165, 1.54) is 19.3 Å². The number of aryl methyl sites for hydroxylation is 1. The van der Waals surface area contributed by atoms with Crippen LogP contribution in [0.5, 0.6) is 0 Å². The largest absolute Gasteiger partial charge is 0.451 e. The lowest BCUT2D eigenvalue weighted by atomic mass is 9.78. The molecule has 6 nitrogen and oxygen atoms in total. The van der Waals surface area contributed by atoms with Gasteiger partial charge in [-0.2, -0.15) is 5.26 Å². The summed E-state index contributed by atoms with van der Waals surface area (Å²) < 4.78 is 7.47. The first-order valence-electron chi connectivity index (χ1n) is 11.6. The monoisotopic (exact) mass is 425 g/mol. The van der Waals surface area contributed by atoms with Crippen molar-refractivity contribution in [2.45, 2.75) is 78.8 Å². The van der Waals surface area contributed by atoms with Crippen LogP contribution in [-0.4, -0.2) is 40.5 Å². The Labute approximate surface area is 185 Å². The van der Waals surface area contributed by atoms with Gasteiger partial charge < -0.3 is 14.2 Å². The van der Waals surface area contributed by atoms with E-state index in [0.717, 1.165) is 49.3 Å². The zero-order chi connectivity index (χ0) is 22.5. The van der Waals surface area contributed by atoms with Gasteiger partial charge in [0, 0.05) is 30.5 Å². The second kappa shape index (κ2) is 10.2. The summed E-state index contributed by atoms with van der Waals surface area (Å²) in [6, 6.07) is 4.21. The Bertz CT molecular complexity index is 889. The lowest BCUT2D eigenvalue weighted by Crippen LogP contribution is -2.50. The average molecular weight is 426 g/mol. The van der Waals surface area contributed by atoms with Gasteiger partial charge in [-0.15, -0.1) is 0 Å². The van der Waals surface area contributed by atoms with Gasteiger partial charge in [0.2, 0.25) is 0 Å². The molecule has 2 atom stereocenters. The van der Waals surface area contributed by atoms with Gasteiger partial charge in [0.05, 0.1) is 0 Å². The number of aromatic nitrogens is 1. The second-order valence-corrected chi connectivity index (χ2v) is 9.42. The number of likely N-dealkylation sites (tertiary alicyclic amines) is 1. The molecule has 1 saturated carbocycles. The fraction of sp³-hybridized carbons (Fsp3) is 0.640. The number of nitrogens with zero attached hydrogens (tertiary/aromatic N) is 3. The van der Waals surface area contributed by atoms with E-state index in [2.05, 4.69) is 18.4 Å². The van der Waals surface area contributed by atoms with E-state index in [0.29, 0.717) is 11.8 Å². The molecular weight excluding hydrogens is 390 g/mol. The topological polar surface area (TPSA) is 75.3 Å². The van der Waals surface area contributed by atoms with E-state index < -0.39 is 5.97 Å². The quantitative estimate of drug-likeness (QED) is 0.385. The summed E-state index contributed by atoms with van der Waals surface area (Å²) in [5, 5.41) is 9.52. The molecule has 0 unspecified atom stereocenters. The van der Waals surface area contributed by atoms with Gasteiger partial charge in [0.1, 0.15) is 11.6 Å². The van der Waals surface area contributed by atoms with Gasteiger partial charge in [-0.3, -0.25) is 4.79 Å². The molecule has 31 heavy (non-hydrogen) atoms. The minimum Gasteiger partial charge on any atom is -0.451 e. The van der Waals surface area contributed by atoms with Crippen LogP contribution in [0.2, 0.25) is 0 Å². The van der Waals surface area contributed by atoms with E-state index >= 15 is 0 Å². The Morgan fingerprint density at radius 2 is 1.94 bits per heavy atom. The lowest BCUT2D eigenvalue weighted by Gasteiger charge is -2.44. The average Bonchev–Trinajstić information content (AvgIpc) is 3.02. The van der Waals surface area contributed by atoms with Crippen LogP contribution in [0, 0.1) is 37.0 Å². The number of esters is 1. The number of hydrogen-bond acceptors (Lipinski definition) is 4. The van der Waals surface area contributed by atoms with Crippen molar-refractivity contribution in [2.24, 2.45) is 11.8 Å². The summed E-state index contributed by atoms with van der Waals surface area (Å²) in [6.07, 6.45) is 8.39. The van der Waals surface area contributed by atoms with Crippen LogP contribution in [0.4, 0.5) is 0 Å². The summed E-state index contributed by atoms with van der Waals surface area (Å²) >= 11 is 0. The van der Waals surface area contributed by atoms with Gasteiger partial charge in [-0.1, -0.05) is 26.7 Å². The fourth-order valence-corrected chi connectivity index (χ4v) is 5.13. The Morgan fingerprint density at radius 3 is 2.65 bits per heavy atom. The van der Waals surface area contributed by atoms with E-state index in [-0.39, 0.29) is 24.1 Å². The predicted octanol–water partition coefficient (Wildman–Crippen LogP) is 4.39. The highest BCUT2D eigenvalue weighted by molar-refractivity contribution is 5.99. The van der Waals surface area contributed by atoms with Crippen molar-refractivity contribution in [1.29, 1.82) is 5.26 Å². The molecule has 1 aromatic rings. The van der Waals surface area contributed by atoms with Gasteiger partial charge in [0.25, 0.3) is 5.91 Å². The van der Waals surface area contributed by atoms with Gasteiger partial charge in [-0.25, -0.2) is 4.79 Å². The molecule has 0 radical (unpaired) electrons. The summed E-state index contributed by atoms with van der Waals surface area (Å²) in [7, 11) is 0. The maximum Gasteiger partial charge on any atom is 0.349 e. The molecule has 2 heterocycles. The molecule has 0 aromatic carbocycles. The lowest BCUT2D eigenvalue weighted by molar-refractivity contribution is -0.152. The molecular formula is C25H35N3O3. The van der Waals surface area contributed by atoms with Crippen LogP contribution in [0.3, 0.4) is 0 Å². The van der Waals surface area contributed by atoms with Crippen LogP contribution in [0.25, 0.3) is 6.08 Å². The van der Waals surface area contributed by atoms with Crippen LogP contribution in [0.1, 0.15) is 69.3 Å². The third-order valence-electron chi connectivity index (χ3n) is 6.69. The predicted molar refractivity (Wildman–Crippen MR) is 120 cm³/mol. The van der Waals surface area contributed by atoms with Crippen LogP contribution >= 0.6 is 0 Å². The number of fused-ring (bicyclic) bond motifs is 1. The van der Waals surface area contributed by atoms with Crippen molar-refractivity contribution in [1.82, 2.24) is 9.47 Å². The molecule has 1 aliphatic heterocycles. The van der Waals surface area contributed by atoms with Gasteiger partial charge >= 0.3 is 5.97 Å². The third-order valence-corrected chi connectivity index (χ3v) is 6.69. The highest BCUT2D eigenvalue weighted by Crippen LogP contribution is 2.35. The van der Waals surface area contributed by atoms with Crippen LogP contribution < -0.4 is 0 Å². The SMILES string of the molecule is Cc1cc(/C=C(\C#N)C(=O)OCC(=O)N2CCC[C@@H]3CCCC[C@@H]32)c(C)n1CC(C)C. The number of amides is 1. The summed E-state index contributed by atoms with van der Waals surface area (Å²) in [5.74, 6) is 0.198. The molecule has 0 N–H and O–H groups in total. The van der Waals surface area contributed by atoms with E-state index in [1.807, 2.05) is 30.9 Å². The van der Waals surface area contributed by atoms with Crippen molar-refractivity contribution in [3.8, 4) is 6.07 Å². The number of carbonyl (C=O) groups excluding carboxylic acids is 2. The Kier molecular flexibility index (Phi) is 7.59. The number of nitriles is 1. The van der Waals surface area contributed by atoms with Crippen molar-refractivity contribution >= 4 is 18.0 Å². The van der Waals surface area contributed by atoms with E-state index in [1.54, 1.807) is 6.08 Å². The molecule has 2 fully saturated rings. The Hall–Kier alpha value is -2.55. The van der Waals surface area contributed by atoms with Crippen LogP contribution in [0.15, 0.2) is 11.6 Å². The number of ether oxygens (including phenoxy) is 1. The minimum absolute atomic E-state index is 0.0771. The first-order valence-corrected chi connectivity index (χ1v) is 11.6. The molecule has 1 aliphatic carbocycles. The van der Waals surface area contributed by atoms with Crippen molar-refractivity contribution in [2.75, 3.05) is 13.2 Å². The van der Waals surface area contributed by atoms with E-state index in [9.17, 15) is 14.9 Å². The maximum absolute atomic E-state index is 12.8. The molecule has 0 bridgehead atoms. The maximum atomic E-state index is 12.8.